The van der Waals surface area contributed by atoms with Gasteiger partial charge in [-0.25, -0.2) is 0 Å². The first-order valence-electron chi connectivity index (χ1n) is 4.80. The molecule has 0 aromatic carbocycles. The fraction of sp³-hybridized carbons (Fsp3) is 0.700. The van der Waals surface area contributed by atoms with Crippen molar-refractivity contribution < 1.29 is 56.2 Å². The summed E-state index contributed by atoms with van der Waals surface area (Å²) in [6, 6.07) is 0. The van der Waals surface area contributed by atoms with Crippen molar-refractivity contribution in [3.63, 3.8) is 0 Å². The van der Waals surface area contributed by atoms with E-state index in [4.69, 9.17) is 0 Å². The molecule has 2 rings (SSSR count). The molecule has 2 aliphatic rings. The molecule has 4 heteroatoms. The van der Waals surface area contributed by atoms with Gasteiger partial charge < -0.3 is 10.2 Å². The average Bonchev–Trinajstić information content (AvgIpc) is 2.76. The molecule has 2 fully saturated rings. The Labute approximate surface area is 128 Å². The minimum Gasteiger partial charge on any atom is -0.662 e. The topological polar surface area (TPSA) is 34.4 Å². The van der Waals surface area contributed by atoms with Crippen molar-refractivity contribution in [1.29, 1.82) is 0 Å². The van der Waals surface area contributed by atoms with Crippen molar-refractivity contribution in [1.82, 2.24) is 4.90 Å². The van der Waals surface area contributed by atoms with Crippen LogP contribution in [0.15, 0.2) is 12.7 Å². The Hall–Kier alpha value is 0.806. The molecule has 72 valence electrons. The molecule has 3 nitrogen and oxygen atoms in total. The number of likely N-dealkylation sites (tertiary alicyclic amines) is 1. The van der Waals surface area contributed by atoms with E-state index in [0.717, 1.165) is 39.0 Å². The van der Waals surface area contributed by atoms with Crippen LogP contribution in [-0.2, 0) is 4.79 Å². The molecule has 14 heavy (non-hydrogen) atoms. The first kappa shape index (κ1) is 12.9. The summed E-state index contributed by atoms with van der Waals surface area (Å²) in [7, 11) is 0. The molecule has 2 saturated heterocycles. The SMILES string of the molecule is C=CC(=O)N1CCC2(CC[N-]C2)C1.[K+]. The largest absolute Gasteiger partial charge is 1.00 e. The number of nitrogens with zero attached hydrogens (tertiary/aromatic N) is 2. The Morgan fingerprint density at radius 2 is 2.29 bits per heavy atom. The summed E-state index contributed by atoms with van der Waals surface area (Å²) in [6.45, 7) is 7.22. The standard InChI is InChI=1S/C10H15N2O.K/c1-2-9(13)12-6-4-10(8-12)3-5-11-7-10;/h2H,1,3-8H2;/q-1;+1. The summed E-state index contributed by atoms with van der Waals surface area (Å²) in [5, 5.41) is 4.37. The summed E-state index contributed by atoms with van der Waals surface area (Å²) in [4.78, 5) is 13.2. The van der Waals surface area contributed by atoms with Crippen LogP contribution in [0.1, 0.15) is 12.8 Å². The van der Waals surface area contributed by atoms with Crippen LogP contribution in [0.3, 0.4) is 0 Å². The van der Waals surface area contributed by atoms with E-state index in [2.05, 4.69) is 11.9 Å². The predicted octanol–water partition coefficient (Wildman–Crippen LogP) is -1.83. The van der Waals surface area contributed by atoms with Crippen molar-refractivity contribution in [2.75, 3.05) is 26.2 Å². The van der Waals surface area contributed by atoms with Gasteiger partial charge in [0, 0.05) is 13.1 Å². The zero-order valence-corrected chi connectivity index (χ0v) is 12.0. The molecule has 1 spiro atoms. The van der Waals surface area contributed by atoms with Gasteiger partial charge in [-0.3, -0.25) is 4.79 Å². The molecule has 1 atom stereocenters. The number of hydrogen-bond donors (Lipinski definition) is 0. The van der Waals surface area contributed by atoms with E-state index in [-0.39, 0.29) is 57.3 Å². The molecule has 0 aromatic heterocycles. The van der Waals surface area contributed by atoms with Gasteiger partial charge in [-0.2, -0.15) is 0 Å². The summed E-state index contributed by atoms with van der Waals surface area (Å²) in [5.74, 6) is 0.0729. The summed E-state index contributed by atoms with van der Waals surface area (Å²) >= 11 is 0. The van der Waals surface area contributed by atoms with Crippen molar-refractivity contribution in [2.45, 2.75) is 12.8 Å². The van der Waals surface area contributed by atoms with Gasteiger partial charge in [0.05, 0.1) is 0 Å². The maximum atomic E-state index is 11.3. The Morgan fingerprint density at radius 3 is 2.86 bits per heavy atom. The van der Waals surface area contributed by atoms with Gasteiger partial charge in [-0.05, 0) is 17.9 Å². The maximum absolute atomic E-state index is 11.3. The molecule has 1 amide bonds. The average molecular weight is 218 g/mol. The Balaban J connectivity index is 0.000000980. The summed E-state index contributed by atoms with van der Waals surface area (Å²) in [6.07, 6.45) is 3.69. The fourth-order valence-electron chi connectivity index (χ4n) is 2.30. The molecule has 0 N–H and O–H groups in total. The minimum atomic E-state index is 0. The molecular weight excluding hydrogens is 203 g/mol. The summed E-state index contributed by atoms with van der Waals surface area (Å²) in [5.41, 5.74) is 0.332. The first-order valence-corrected chi connectivity index (χ1v) is 4.80. The zero-order valence-electron chi connectivity index (χ0n) is 8.83. The molecule has 0 aromatic rings. The van der Waals surface area contributed by atoms with Gasteiger partial charge in [0.25, 0.3) is 0 Å². The van der Waals surface area contributed by atoms with E-state index in [9.17, 15) is 4.79 Å². The molecule has 0 aliphatic carbocycles. The Bertz CT molecular complexity index is 236. The van der Waals surface area contributed by atoms with Crippen LogP contribution in [0, 0.1) is 5.41 Å². The Morgan fingerprint density at radius 1 is 1.50 bits per heavy atom. The second-order valence-electron chi connectivity index (χ2n) is 4.07. The smallest absolute Gasteiger partial charge is 0.662 e. The zero-order chi connectivity index (χ0) is 9.31. The van der Waals surface area contributed by atoms with Gasteiger partial charge >= 0.3 is 51.4 Å². The molecule has 0 bridgehead atoms. The molecule has 1 unspecified atom stereocenters. The third-order valence-corrected chi connectivity index (χ3v) is 3.17. The fourth-order valence-corrected chi connectivity index (χ4v) is 2.30. The first-order chi connectivity index (χ1) is 6.26. The molecule has 2 heterocycles. The van der Waals surface area contributed by atoms with Crippen molar-refractivity contribution in [2.24, 2.45) is 5.41 Å². The van der Waals surface area contributed by atoms with Crippen LogP contribution in [-0.4, -0.2) is 37.0 Å². The second kappa shape index (κ2) is 5.23. The normalized spacial score (nSPS) is 30.4. The Kier molecular flexibility index (Phi) is 4.81. The van der Waals surface area contributed by atoms with Gasteiger partial charge in [-0.1, -0.05) is 13.0 Å². The van der Waals surface area contributed by atoms with E-state index in [1.165, 1.54) is 6.08 Å². The van der Waals surface area contributed by atoms with E-state index in [1.54, 1.807) is 0 Å². The minimum absolute atomic E-state index is 0. The second-order valence-corrected chi connectivity index (χ2v) is 4.07. The number of carbonyl (C=O) groups excluding carboxylic acids is 1. The van der Waals surface area contributed by atoms with E-state index >= 15 is 0 Å². The van der Waals surface area contributed by atoms with E-state index < -0.39 is 0 Å². The molecule has 0 saturated carbocycles. The van der Waals surface area contributed by atoms with Gasteiger partial charge in [0.1, 0.15) is 0 Å². The van der Waals surface area contributed by atoms with Gasteiger partial charge in [-0.15, -0.1) is 13.1 Å². The molecular formula is C10H15KN2O. The number of hydrogen-bond acceptors (Lipinski definition) is 1. The van der Waals surface area contributed by atoms with Crippen molar-refractivity contribution in [3.8, 4) is 0 Å². The third-order valence-electron chi connectivity index (χ3n) is 3.17. The number of rotatable bonds is 1. The quantitative estimate of drug-likeness (QED) is 0.377. The van der Waals surface area contributed by atoms with Crippen LogP contribution >= 0.6 is 0 Å². The van der Waals surface area contributed by atoms with Crippen LogP contribution in [0.25, 0.3) is 5.32 Å². The summed E-state index contributed by atoms with van der Waals surface area (Å²) < 4.78 is 0. The van der Waals surface area contributed by atoms with E-state index in [1.807, 2.05) is 4.90 Å². The van der Waals surface area contributed by atoms with Crippen molar-refractivity contribution >= 4 is 5.91 Å². The predicted molar refractivity (Wildman–Crippen MR) is 51.5 cm³/mol. The maximum Gasteiger partial charge on any atom is 1.00 e. The van der Waals surface area contributed by atoms with Crippen LogP contribution < -0.4 is 51.4 Å². The third kappa shape index (κ3) is 2.48. The van der Waals surface area contributed by atoms with Gasteiger partial charge in [0.2, 0.25) is 5.91 Å². The van der Waals surface area contributed by atoms with Gasteiger partial charge in [0.15, 0.2) is 0 Å². The molecule has 2 aliphatic heterocycles. The van der Waals surface area contributed by atoms with Crippen LogP contribution in [0.4, 0.5) is 0 Å². The van der Waals surface area contributed by atoms with Crippen molar-refractivity contribution in [3.05, 3.63) is 18.0 Å². The number of amides is 1. The van der Waals surface area contributed by atoms with Crippen LogP contribution in [0.2, 0.25) is 0 Å². The number of carbonyl (C=O) groups is 1. The monoisotopic (exact) mass is 218 g/mol. The van der Waals surface area contributed by atoms with Crippen LogP contribution in [0.5, 0.6) is 0 Å². The molecule has 0 radical (unpaired) electrons. The van der Waals surface area contributed by atoms with E-state index in [0.29, 0.717) is 5.41 Å².